The minimum atomic E-state index is -0.692. The SMILES string of the molecule is CCn1cc(-c2cccc(NC(=O)Nc3ccc(F)cc3)c2F)c(-c2ccnc(C(N)=O)c2)n1. The zero-order chi connectivity index (χ0) is 24.2. The van der Waals surface area contributed by atoms with E-state index in [2.05, 4.69) is 20.7 Å². The van der Waals surface area contributed by atoms with Crippen LogP contribution < -0.4 is 16.4 Å². The number of halogens is 2. The van der Waals surface area contributed by atoms with Crippen LogP contribution in [0.3, 0.4) is 0 Å². The Kier molecular flexibility index (Phi) is 6.30. The van der Waals surface area contributed by atoms with E-state index >= 15 is 4.39 Å². The van der Waals surface area contributed by atoms with Gasteiger partial charge in [-0.05, 0) is 49.4 Å². The second kappa shape index (κ2) is 9.49. The number of anilines is 2. The molecule has 10 heteroatoms. The van der Waals surface area contributed by atoms with E-state index in [9.17, 15) is 14.0 Å². The van der Waals surface area contributed by atoms with Gasteiger partial charge in [-0.1, -0.05) is 12.1 Å². The standard InChI is InChI=1S/C24H20F2N6O2/c1-2-32-13-18(22(31-32)14-10-11-28-20(12-14)23(27)33)17-4-3-5-19(21(17)26)30-24(34)29-16-8-6-15(25)7-9-16/h3-13H,2H2,1H3,(H2,27,33)(H2,29,30,34). The van der Waals surface area contributed by atoms with Crippen LogP contribution in [-0.4, -0.2) is 26.7 Å². The third-order valence-corrected chi connectivity index (χ3v) is 5.01. The number of carbonyl (C=O) groups is 2. The molecule has 4 N–H and O–H groups in total. The molecule has 0 bridgehead atoms. The molecule has 2 aromatic carbocycles. The predicted octanol–water partition coefficient (Wildman–Crippen LogP) is 4.65. The number of carbonyl (C=O) groups excluding carboxylic acids is 2. The van der Waals surface area contributed by atoms with Crippen LogP contribution >= 0.6 is 0 Å². The molecule has 0 unspecified atom stereocenters. The minimum Gasteiger partial charge on any atom is -0.364 e. The van der Waals surface area contributed by atoms with Crippen LogP contribution in [0, 0.1) is 11.6 Å². The van der Waals surface area contributed by atoms with Crippen LogP contribution in [0.2, 0.25) is 0 Å². The Bertz CT molecular complexity index is 1370. The number of aryl methyl sites for hydroxylation is 1. The normalized spacial score (nSPS) is 10.7. The molecular weight excluding hydrogens is 442 g/mol. The third-order valence-electron chi connectivity index (χ3n) is 5.01. The molecule has 3 amide bonds. The van der Waals surface area contributed by atoms with Gasteiger partial charge in [0.25, 0.3) is 5.91 Å². The van der Waals surface area contributed by atoms with Crippen molar-refractivity contribution < 1.29 is 18.4 Å². The summed E-state index contributed by atoms with van der Waals surface area (Å²) in [4.78, 5) is 27.9. The Labute approximate surface area is 193 Å². The van der Waals surface area contributed by atoms with E-state index in [1.54, 1.807) is 29.1 Å². The number of aromatic nitrogens is 3. The van der Waals surface area contributed by atoms with Crippen LogP contribution in [0.15, 0.2) is 67.0 Å². The molecule has 0 saturated carbocycles. The molecule has 2 heterocycles. The molecule has 0 fully saturated rings. The Morgan fingerprint density at radius 1 is 1.03 bits per heavy atom. The third kappa shape index (κ3) is 4.75. The maximum atomic E-state index is 15.5. The number of nitrogens with zero attached hydrogens (tertiary/aromatic N) is 3. The Morgan fingerprint density at radius 3 is 2.50 bits per heavy atom. The largest absolute Gasteiger partial charge is 0.364 e. The number of nitrogens with two attached hydrogens (primary N) is 1. The van der Waals surface area contributed by atoms with Gasteiger partial charge in [-0.3, -0.25) is 14.5 Å². The van der Waals surface area contributed by atoms with Crippen molar-refractivity contribution in [3.63, 3.8) is 0 Å². The van der Waals surface area contributed by atoms with E-state index in [0.717, 1.165) is 0 Å². The topological polar surface area (TPSA) is 115 Å². The molecule has 0 spiro atoms. The number of benzene rings is 2. The molecule has 0 radical (unpaired) electrons. The molecule has 0 atom stereocenters. The second-order valence-corrected chi connectivity index (χ2v) is 7.29. The van der Waals surface area contributed by atoms with Gasteiger partial charge in [0.15, 0.2) is 5.82 Å². The molecule has 0 aliphatic rings. The number of primary amides is 1. The first-order valence-corrected chi connectivity index (χ1v) is 10.3. The van der Waals surface area contributed by atoms with Gasteiger partial charge in [-0.25, -0.2) is 13.6 Å². The summed E-state index contributed by atoms with van der Waals surface area (Å²) in [5, 5.41) is 9.50. The number of hydrogen-bond donors (Lipinski definition) is 3. The number of amides is 3. The Morgan fingerprint density at radius 2 is 1.79 bits per heavy atom. The molecule has 2 aromatic heterocycles. The van der Waals surface area contributed by atoms with Crippen molar-refractivity contribution in [1.29, 1.82) is 0 Å². The van der Waals surface area contributed by atoms with E-state index in [1.807, 2.05) is 6.92 Å². The van der Waals surface area contributed by atoms with Crippen molar-refractivity contribution in [2.24, 2.45) is 5.73 Å². The van der Waals surface area contributed by atoms with Gasteiger partial charge in [-0.15, -0.1) is 0 Å². The van der Waals surface area contributed by atoms with Gasteiger partial charge in [0.05, 0.1) is 5.69 Å². The Hall–Kier alpha value is -4.60. The fourth-order valence-corrected chi connectivity index (χ4v) is 3.36. The zero-order valence-corrected chi connectivity index (χ0v) is 18.0. The second-order valence-electron chi connectivity index (χ2n) is 7.29. The molecule has 4 rings (SSSR count). The fraction of sp³-hybridized carbons (Fsp3) is 0.0833. The molecule has 0 saturated heterocycles. The lowest BCUT2D eigenvalue weighted by molar-refractivity contribution is 0.0995. The smallest absolute Gasteiger partial charge is 0.323 e. The highest BCUT2D eigenvalue weighted by atomic mass is 19.1. The van der Waals surface area contributed by atoms with Crippen molar-refractivity contribution in [2.45, 2.75) is 13.5 Å². The van der Waals surface area contributed by atoms with Crippen LogP contribution in [-0.2, 0) is 6.54 Å². The predicted molar refractivity (Wildman–Crippen MR) is 124 cm³/mol. The average Bonchev–Trinajstić information content (AvgIpc) is 3.26. The average molecular weight is 462 g/mol. The first kappa shape index (κ1) is 22.6. The summed E-state index contributed by atoms with van der Waals surface area (Å²) in [6.45, 7) is 2.41. The first-order valence-electron chi connectivity index (χ1n) is 10.3. The van der Waals surface area contributed by atoms with Crippen LogP contribution in [0.1, 0.15) is 17.4 Å². The lowest BCUT2D eigenvalue weighted by atomic mass is 10.0. The van der Waals surface area contributed by atoms with Gasteiger partial charge in [0, 0.05) is 41.3 Å². The number of urea groups is 1. The number of rotatable bonds is 6. The molecule has 0 aliphatic carbocycles. The summed E-state index contributed by atoms with van der Waals surface area (Å²) < 4.78 is 30.2. The molecule has 8 nitrogen and oxygen atoms in total. The van der Waals surface area contributed by atoms with E-state index in [4.69, 9.17) is 5.73 Å². The minimum absolute atomic E-state index is 0.0557. The highest BCUT2D eigenvalue weighted by Gasteiger charge is 2.20. The molecular formula is C24H20F2N6O2. The molecule has 34 heavy (non-hydrogen) atoms. The summed E-state index contributed by atoms with van der Waals surface area (Å²) in [5.41, 5.74) is 7.33. The van der Waals surface area contributed by atoms with Crippen molar-refractivity contribution in [3.05, 3.63) is 84.3 Å². The monoisotopic (exact) mass is 462 g/mol. The van der Waals surface area contributed by atoms with Crippen molar-refractivity contribution in [1.82, 2.24) is 14.8 Å². The van der Waals surface area contributed by atoms with E-state index in [1.165, 1.54) is 42.6 Å². The van der Waals surface area contributed by atoms with E-state index in [0.29, 0.717) is 29.1 Å². The van der Waals surface area contributed by atoms with Gasteiger partial charge in [0.1, 0.15) is 17.2 Å². The van der Waals surface area contributed by atoms with Crippen LogP contribution in [0.25, 0.3) is 22.4 Å². The molecule has 172 valence electrons. The van der Waals surface area contributed by atoms with Gasteiger partial charge >= 0.3 is 6.03 Å². The first-order chi connectivity index (χ1) is 16.4. The maximum Gasteiger partial charge on any atom is 0.323 e. The van der Waals surface area contributed by atoms with Gasteiger partial charge in [0.2, 0.25) is 0 Å². The number of nitrogens with one attached hydrogen (secondary N) is 2. The maximum absolute atomic E-state index is 15.5. The molecule has 0 aliphatic heterocycles. The van der Waals surface area contributed by atoms with Crippen LogP contribution in [0.5, 0.6) is 0 Å². The number of hydrogen-bond acceptors (Lipinski definition) is 4. The van der Waals surface area contributed by atoms with Gasteiger partial charge < -0.3 is 16.4 Å². The van der Waals surface area contributed by atoms with Crippen molar-refractivity contribution >= 4 is 23.3 Å². The quantitative estimate of drug-likeness (QED) is 0.387. The van der Waals surface area contributed by atoms with Crippen molar-refractivity contribution in [2.75, 3.05) is 10.6 Å². The Balaban J connectivity index is 1.68. The van der Waals surface area contributed by atoms with E-state index < -0.39 is 23.6 Å². The van der Waals surface area contributed by atoms with Crippen LogP contribution in [0.4, 0.5) is 25.0 Å². The number of pyridine rings is 1. The summed E-state index contributed by atoms with van der Waals surface area (Å²) in [6.07, 6.45) is 3.11. The summed E-state index contributed by atoms with van der Waals surface area (Å²) in [6, 6.07) is 12.2. The lowest BCUT2D eigenvalue weighted by Crippen LogP contribution is -2.20. The van der Waals surface area contributed by atoms with E-state index in [-0.39, 0.29) is 16.9 Å². The summed E-state index contributed by atoms with van der Waals surface area (Å²) in [7, 11) is 0. The van der Waals surface area contributed by atoms with Crippen molar-refractivity contribution in [3.8, 4) is 22.4 Å². The van der Waals surface area contributed by atoms with Gasteiger partial charge in [-0.2, -0.15) is 5.10 Å². The highest BCUT2D eigenvalue weighted by molar-refractivity contribution is 6.00. The lowest BCUT2D eigenvalue weighted by Gasteiger charge is -2.11. The summed E-state index contributed by atoms with van der Waals surface area (Å²) in [5.74, 6) is -1.80. The molecule has 4 aromatic rings. The zero-order valence-electron chi connectivity index (χ0n) is 18.0. The fourth-order valence-electron chi connectivity index (χ4n) is 3.36. The highest BCUT2D eigenvalue weighted by Crippen LogP contribution is 2.35. The summed E-state index contributed by atoms with van der Waals surface area (Å²) >= 11 is 0.